The second-order valence-corrected chi connectivity index (χ2v) is 7.91. The first kappa shape index (κ1) is 18.7. The van der Waals surface area contributed by atoms with Crippen LogP contribution < -0.4 is 0 Å². The first-order valence-electron chi connectivity index (χ1n) is 10.5. The van der Waals surface area contributed by atoms with E-state index in [0.717, 1.165) is 19.3 Å². The molecule has 0 aliphatic heterocycles. The molecule has 4 rings (SSSR count). The zero-order chi connectivity index (χ0) is 19.4. The summed E-state index contributed by atoms with van der Waals surface area (Å²) >= 11 is 0. The Balaban J connectivity index is 1.92. The summed E-state index contributed by atoms with van der Waals surface area (Å²) in [5.41, 5.74) is 2.88. The smallest absolute Gasteiger partial charge is 0.0203 e. The Morgan fingerprint density at radius 1 is 0.643 bits per heavy atom. The first-order valence-corrected chi connectivity index (χ1v) is 10.5. The summed E-state index contributed by atoms with van der Waals surface area (Å²) in [6.45, 7) is 6.54. The van der Waals surface area contributed by atoms with Crippen LogP contribution in [0.25, 0.3) is 21.5 Å². The van der Waals surface area contributed by atoms with Crippen molar-refractivity contribution >= 4 is 21.5 Å². The highest BCUT2D eigenvalue weighted by Crippen LogP contribution is 2.43. The van der Waals surface area contributed by atoms with Gasteiger partial charge in [-0.2, -0.15) is 0 Å². The summed E-state index contributed by atoms with van der Waals surface area (Å²) in [4.78, 5) is 0. The Labute approximate surface area is 169 Å². The Kier molecular flexibility index (Phi) is 5.48. The van der Waals surface area contributed by atoms with E-state index in [1.54, 1.807) is 0 Å². The normalized spacial score (nSPS) is 11.9. The molecular formula is C28H29. The van der Waals surface area contributed by atoms with Crippen LogP contribution in [0, 0.1) is 6.92 Å². The number of hydrogen-bond donors (Lipinski definition) is 0. The highest BCUT2D eigenvalue weighted by atomic mass is 14.4. The lowest BCUT2D eigenvalue weighted by atomic mass is 9.67. The maximum Gasteiger partial charge on any atom is 0.0203 e. The molecule has 0 N–H and O–H groups in total. The van der Waals surface area contributed by atoms with Crippen LogP contribution in [-0.2, 0) is 5.41 Å². The third kappa shape index (κ3) is 3.44. The zero-order valence-corrected chi connectivity index (χ0v) is 16.8. The fourth-order valence-corrected chi connectivity index (χ4v) is 4.62. The molecule has 0 spiro atoms. The van der Waals surface area contributed by atoms with Gasteiger partial charge in [0.25, 0.3) is 0 Å². The molecule has 0 heteroatoms. The van der Waals surface area contributed by atoms with Crippen LogP contribution >= 0.6 is 0 Å². The minimum atomic E-state index is 0.0197. The fraction of sp³-hybridized carbons (Fsp3) is 0.250. The standard InChI is InChI=1S/C28H29/c1-3-5-19-28(18-4-2,26-16-14-22-10-6-8-12-24(22)20-26)27-17-15-23-11-7-9-13-25(23)21-27/h6-17,20-21H,2-5,18-19H2,1H3. The zero-order valence-electron chi connectivity index (χ0n) is 16.8. The number of fused-ring (bicyclic) bond motifs is 2. The number of rotatable bonds is 7. The van der Waals surface area contributed by atoms with Gasteiger partial charge in [-0.3, -0.25) is 0 Å². The van der Waals surface area contributed by atoms with Gasteiger partial charge in [0.15, 0.2) is 0 Å². The molecule has 1 radical (unpaired) electrons. The molecule has 0 saturated carbocycles. The van der Waals surface area contributed by atoms with E-state index in [2.05, 4.69) is 98.8 Å². The van der Waals surface area contributed by atoms with E-state index < -0.39 is 0 Å². The van der Waals surface area contributed by atoms with Gasteiger partial charge in [0.1, 0.15) is 0 Å². The Hall–Kier alpha value is -2.60. The maximum atomic E-state index is 4.25. The van der Waals surface area contributed by atoms with Crippen molar-refractivity contribution in [3.05, 3.63) is 103 Å². The quantitative estimate of drug-likeness (QED) is 0.310. The third-order valence-electron chi connectivity index (χ3n) is 6.16. The van der Waals surface area contributed by atoms with Gasteiger partial charge in [0.2, 0.25) is 0 Å². The van der Waals surface area contributed by atoms with Gasteiger partial charge < -0.3 is 0 Å². The predicted molar refractivity (Wildman–Crippen MR) is 123 cm³/mol. The SMILES string of the molecule is [CH2]CCC(CCCC)(c1ccc2ccccc2c1)c1ccc2ccccc2c1. The summed E-state index contributed by atoms with van der Waals surface area (Å²) in [5.74, 6) is 0. The van der Waals surface area contributed by atoms with Gasteiger partial charge in [-0.1, -0.05) is 118 Å². The topological polar surface area (TPSA) is 0 Å². The predicted octanol–water partition coefficient (Wildman–Crippen LogP) is 8.08. The highest BCUT2D eigenvalue weighted by molar-refractivity contribution is 5.85. The summed E-state index contributed by atoms with van der Waals surface area (Å²) in [7, 11) is 0. The molecule has 0 heterocycles. The van der Waals surface area contributed by atoms with Crippen molar-refractivity contribution in [2.24, 2.45) is 0 Å². The third-order valence-corrected chi connectivity index (χ3v) is 6.16. The van der Waals surface area contributed by atoms with Gasteiger partial charge in [0, 0.05) is 5.41 Å². The Morgan fingerprint density at radius 2 is 1.14 bits per heavy atom. The average molecular weight is 366 g/mol. The number of unbranched alkanes of at least 4 members (excludes halogenated alkanes) is 1. The molecule has 0 atom stereocenters. The summed E-state index contributed by atoms with van der Waals surface area (Å²) < 4.78 is 0. The van der Waals surface area contributed by atoms with E-state index in [9.17, 15) is 0 Å². The Bertz CT molecular complexity index is 994. The van der Waals surface area contributed by atoms with Crippen LogP contribution in [0.1, 0.15) is 50.2 Å². The minimum absolute atomic E-state index is 0.0197. The van der Waals surface area contributed by atoms with Crippen molar-refractivity contribution in [1.82, 2.24) is 0 Å². The number of hydrogen-bond acceptors (Lipinski definition) is 0. The molecule has 0 bridgehead atoms. The van der Waals surface area contributed by atoms with E-state index in [0.29, 0.717) is 0 Å². The fourth-order valence-electron chi connectivity index (χ4n) is 4.62. The van der Waals surface area contributed by atoms with Gasteiger partial charge in [0.05, 0.1) is 0 Å². The van der Waals surface area contributed by atoms with Crippen LogP contribution in [-0.4, -0.2) is 0 Å². The van der Waals surface area contributed by atoms with Gasteiger partial charge in [-0.15, -0.1) is 0 Å². The Morgan fingerprint density at radius 3 is 1.61 bits per heavy atom. The molecule has 0 amide bonds. The summed E-state index contributed by atoms with van der Waals surface area (Å²) in [6, 6.07) is 31.5. The van der Waals surface area contributed by atoms with Crippen molar-refractivity contribution in [3.8, 4) is 0 Å². The average Bonchev–Trinajstić information content (AvgIpc) is 2.76. The monoisotopic (exact) mass is 365 g/mol. The molecule has 0 unspecified atom stereocenters. The van der Waals surface area contributed by atoms with Crippen molar-refractivity contribution in [1.29, 1.82) is 0 Å². The van der Waals surface area contributed by atoms with Crippen LogP contribution in [0.3, 0.4) is 0 Å². The van der Waals surface area contributed by atoms with Crippen molar-refractivity contribution in [3.63, 3.8) is 0 Å². The van der Waals surface area contributed by atoms with E-state index in [1.807, 2.05) is 0 Å². The first-order chi connectivity index (χ1) is 13.8. The molecule has 0 nitrogen and oxygen atoms in total. The van der Waals surface area contributed by atoms with E-state index in [-0.39, 0.29) is 5.41 Å². The molecule has 0 aromatic heterocycles. The molecule has 0 aliphatic carbocycles. The van der Waals surface area contributed by atoms with Crippen LogP contribution in [0.5, 0.6) is 0 Å². The summed E-state index contributed by atoms with van der Waals surface area (Å²) in [6.07, 6.45) is 5.60. The summed E-state index contributed by atoms with van der Waals surface area (Å²) in [5, 5.41) is 5.27. The molecular weight excluding hydrogens is 336 g/mol. The van der Waals surface area contributed by atoms with Crippen LogP contribution in [0.4, 0.5) is 0 Å². The van der Waals surface area contributed by atoms with Crippen LogP contribution in [0.15, 0.2) is 84.9 Å². The van der Waals surface area contributed by atoms with Gasteiger partial charge in [-0.05, 0) is 45.5 Å². The van der Waals surface area contributed by atoms with Crippen molar-refractivity contribution < 1.29 is 0 Å². The molecule has 4 aromatic carbocycles. The molecule has 141 valence electrons. The molecule has 28 heavy (non-hydrogen) atoms. The van der Waals surface area contributed by atoms with Gasteiger partial charge >= 0.3 is 0 Å². The highest BCUT2D eigenvalue weighted by Gasteiger charge is 2.33. The lowest BCUT2D eigenvalue weighted by molar-refractivity contribution is 0.423. The largest absolute Gasteiger partial charge is 0.0654 e. The number of benzene rings is 4. The van der Waals surface area contributed by atoms with Gasteiger partial charge in [-0.25, -0.2) is 0 Å². The second kappa shape index (κ2) is 8.19. The molecule has 4 aromatic rings. The van der Waals surface area contributed by atoms with E-state index >= 15 is 0 Å². The molecule has 0 saturated heterocycles. The molecule has 0 fully saturated rings. The second-order valence-electron chi connectivity index (χ2n) is 7.91. The van der Waals surface area contributed by atoms with Crippen LogP contribution in [0.2, 0.25) is 0 Å². The lowest BCUT2D eigenvalue weighted by Gasteiger charge is -2.36. The van der Waals surface area contributed by atoms with Crippen molar-refractivity contribution in [2.75, 3.05) is 0 Å². The minimum Gasteiger partial charge on any atom is -0.0654 e. The van der Waals surface area contributed by atoms with E-state index in [1.165, 1.54) is 45.5 Å². The molecule has 0 aliphatic rings. The van der Waals surface area contributed by atoms with E-state index in [4.69, 9.17) is 0 Å². The lowest BCUT2D eigenvalue weighted by Crippen LogP contribution is -2.28. The maximum absolute atomic E-state index is 4.25. The van der Waals surface area contributed by atoms with Crippen molar-refractivity contribution in [2.45, 2.75) is 44.4 Å².